The van der Waals surface area contributed by atoms with Gasteiger partial charge in [-0.3, -0.25) is 14.4 Å². The predicted molar refractivity (Wildman–Crippen MR) is 165 cm³/mol. The molecule has 4 N–H and O–H groups in total. The molecule has 1 aromatic heterocycles. The summed E-state index contributed by atoms with van der Waals surface area (Å²) in [7, 11) is 0. The molecular formula is C34H30N4O6. The Kier molecular flexibility index (Phi) is 9.10. The van der Waals surface area contributed by atoms with Crippen LogP contribution in [0.2, 0.25) is 0 Å². The maximum absolute atomic E-state index is 14.1. The number of benzene rings is 4. The Morgan fingerprint density at radius 3 is 1.84 bits per heavy atom. The number of nitrogens with zero attached hydrogens (tertiary/aromatic N) is 1. The fourth-order valence-corrected chi connectivity index (χ4v) is 5.10. The van der Waals surface area contributed by atoms with E-state index in [1.165, 1.54) is 0 Å². The van der Waals surface area contributed by atoms with Gasteiger partial charge in [-0.2, -0.15) is 0 Å². The van der Waals surface area contributed by atoms with Crippen molar-refractivity contribution in [2.45, 2.75) is 31.0 Å². The topological polar surface area (TPSA) is 150 Å². The number of hydrogen-bond donors (Lipinski definition) is 4. The Hall–Kier alpha value is -5.77. The van der Waals surface area contributed by atoms with Crippen molar-refractivity contribution < 1.29 is 19.5 Å². The molecule has 2 amide bonds. The molecule has 0 spiro atoms. The van der Waals surface area contributed by atoms with Gasteiger partial charge >= 0.3 is 11.7 Å². The largest absolute Gasteiger partial charge is 0.479 e. The molecule has 4 aromatic carbocycles. The summed E-state index contributed by atoms with van der Waals surface area (Å²) >= 11 is 0. The van der Waals surface area contributed by atoms with Crippen LogP contribution in [-0.2, 0) is 27.2 Å². The normalized spacial score (nSPS) is 13.0. The van der Waals surface area contributed by atoms with Gasteiger partial charge in [-0.1, -0.05) is 103 Å². The van der Waals surface area contributed by atoms with E-state index in [2.05, 4.69) is 15.6 Å². The molecule has 44 heavy (non-hydrogen) atoms. The lowest BCUT2D eigenvalue weighted by atomic mass is 10.0. The first kappa shape index (κ1) is 29.7. The molecule has 5 aromatic rings. The molecule has 10 heteroatoms. The van der Waals surface area contributed by atoms with Crippen molar-refractivity contribution in [2.24, 2.45) is 0 Å². The number of carbonyl (C=O) groups is 3. The van der Waals surface area contributed by atoms with E-state index in [-0.39, 0.29) is 18.2 Å². The highest BCUT2D eigenvalue weighted by atomic mass is 16.4. The average Bonchev–Trinajstić information content (AvgIpc) is 3.04. The number of aromatic nitrogens is 2. The number of carbonyl (C=O) groups excluding carboxylic acids is 2. The molecule has 0 aliphatic carbocycles. The smallest absolute Gasteiger partial charge is 0.330 e. The van der Waals surface area contributed by atoms with Gasteiger partial charge in [0.2, 0.25) is 11.8 Å². The lowest BCUT2D eigenvalue weighted by Gasteiger charge is -2.25. The summed E-state index contributed by atoms with van der Waals surface area (Å²) in [4.78, 5) is 69.4. The SMILES string of the molecule is O=C(N[C@@H](C(=O)O)c1ccccc1)[C@H](Cc1ccccc1)NC(=O)[C@@H](Cc1ccccc1)n1c(=O)[nH]c2ccccc2c1=O. The first-order chi connectivity index (χ1) is 21.3. The number of hydrogen-bond acceptors (Lipinski definition) is 5. The summed E-state index contributed by atoms with van der Waals surface area (Å²) in [5.41, 5.74) is 0.656. The zero-order valence-electron chi connectivity index (χ0n) is 23.6. The summed E-state index contributed by atoms with van der Waals surface area (Å²) in [6.07, 6.45) is 0.00994. The minimum Gasteiger partial charge on any atom is -0.479 e. The number of amides is 2. The summed E-state index contributed by atoms with van der Waals surface area (Å²) in [5, 5.41) is 15.4. The van der Waals surface area contributed by atoms with Crippen molar-refractivity contribution in [2.75, 3.05) is 0 Å². The Morgan fingerprint density at radius 1 is 0.682 bits per heavy atom. The van der Waals surface area contributed by atoms with Gasteiger partial charge in [-0.25, -0.2) is 14.2 Å². The molecule has 0 bridgehead atoms. The molecule has 0 saturated carbocycles. The molecule has 0 fully saturated rings. The Balaban J connectivity index is 1.52. The lowest BCUT2D eigenvalue weighted by Crippen LogP contribution is -2.53. The van der Waals surface area contributed by atoms with E-state index in [0.717, 1.165) is 4.57 Å². The number of H-pyrrole nitrogens is 1. The molecule has 0 saturated heterocycles. The van der Waals surface area contributed by atoms with Crippen molar-refractivity contribution in [3.05, 3.63) is 153 Å². The van der Waals surface area contributed by atoms with Crippen LogP contribution in [0.3, 0.4) is 0 Å². The van der Waals surface area contributed by atoms with E-state index in [1.807, 2.05) is 0 Å². The van der Waals surface area contributed by atoms with Gasteiger partial charge < -0.3 is 20.7 Å². The van der Waals surface area contributed by atoms with Crippen LogP contribution in [0.1, 0.15) is 28.8 Å². The zero-order chi connectivity index (χ0) is 31.1. The maximum atomic E-state index is 14.1. The van der Waals surface area contributed by atoms with Gasteiger partial charge in [0.15, 0.2) is 6.04 Å². The number of para-hydroxylation sites is 1. The number of carboxylic acid groups (broad SMARTS) is 1. The third kappa shape index (κ3) is 6.81. The number of carboxylic acids is 1. The fourth-order valence-electron chi connectivity index (χ4n) is 5.10. The van der Waals surface area contributed by atoms with Crippen LogP contribution in [0, 0.1) is 0 Å². The fraction of sp³-hybridized carbons (Fsp3) is 0.147. The molecule has 10 nitrogen and oxygen atoms in total. The van der Waals surface area contributed by atoms with Crippen molar-refractivity contribution in [1.29, 1.82) is 0 Å². The first-order valence-corrected chi connectivity index (χ1v) is 14.0. The Labute approximate surface area is 252 Å². The highest BCUT2D eigenvalue weighted by Crippen LogP contribution is 2.17. The second-order valence-electron chi connectivity index (χ2n) is 10.3. The molecule has 0 radical (unpaired) electrons. The number of fused-ring (bicyclic) bond motifs is 1. The van der Waals surface area contributed by atoms with Crippen LogP contribution in [0.5, 0.6) is 0 Å². The van der Waals surface area contributed by atoms with Crippen LogP contribution >= 0.6 is 0 Å². The zero-order valence-corrected chi connectivity index (χ0v) is 23.6. The number of aromatic amines is 1. The van der Waals surface area contributed by atoms with Crippen LogP contribution in [-0.4, -0.2) is 38.5 Å². The predicted octanol–water partition coefficient (Wildman–Crippen LogP) is 3.14. The van der Waals surface area contributed by atoms with Crippen LogP contribution in [0.15, 0.2) is 125 Å². The van der Waals surface area contributed by atoms with E-state index in [9.17, 15) is 29.1 Å². The summed E-state index contributed by atoms with van der Waals surface area (Å²) in [5.74, 6) is -2.76. The van der Waals surface area contributed by atoms with Crippen LogP contribution in [0.25, 0.3) is 10.9 Å². The molecule has 0 aliphatic heterocycles. The van der Waals surface area contributed by atoms with Crippen molar-refractivity contribution in [3.63, 3.8) is 0 Å². The van der Waals surface area contributed by atoms with Crippen molar-refractivity contribution in [1.82, 2.24) is 20.2 Å². The van der Waals surface area contributed by atoms with Crippen LogP contribution in [0.4, 0.5) is 0 Å². The number of aliphatic carboxylic acids is 1. The average molecular weight is 591 g/mol. The second-order valence-corrected chi connectivity index (χ2v) is 10.3. The molecule has 0 aliphatic rings. The lowest BCUT2D eigenvalue weighted by molar-refractivity contribution is -0.142. The van der Waals surface area contributed by atoms with Gasteiger partial charge in [-0.15, -0.1) is 0 Å². The summed E-state index contributed by atoms with van der Waals surface area (Å²) in [6, 6.07) is 28.6. The van der Waals surface area contributed by atoms with Crippen molar-refractivity contribution >= 4 is 28.7 Å². The third-order valence-corrected chi connectivity index (χ3v) is 7.30. The van der Waals surface area contributed by atoms with E-state index < -0.39 is 47.2 Å². The molecule has 5 rings (SSSR count). The molecular weight excluding hydrogens is 560 g/mol. The van der Waals surface area contributed by atoms with Crippen molar-refractivity contribution in [3.8, 4) is 0 Å². The van der Waals surface area contributed by atoms with E-state index >= 15 is 0 Å². The molecule has 1 heterocycles. The van der Waals surface area contributed by atoms with Gasteiger partial charge in [0.1, 0.15) is 12.1 Å². The minimum absolute atomic E-state index is 0.0184. The van der Waals surface area contributed by atoms with Gasteiger partial charge in [0.25, 0.3) is 5.56 Å². The summed E-state index contributed by atoms with van der Waals surface area (Å²) < 4.78 is 0.867. The van der Waals surface area contributed by atoms with Crippen LogP contribution < -0.4 is 21.9 Å². The minimum atomic E-state index is -1.37. The second kappa shape index (κ2) is 13.5. The van der Waals surface area contributed by atoms with E-state index in [1.54, 1.807) is 115 Å². The third-order valence-electron chi connectivity index (χ3n) is 7.30. The number of rotatable bonds is 11. The maximum Gasteiger partial charge on any atom is 0.330 e. The Bertz CT molecular complexity index is 1890. The van der Waals surface area contributed by atoms with E-state index in [0.29, 0.717) is 22.2 Å². The van der Waals surface area contributed by atoms with E-state index in [4.69, 9.17) is 0 Å². The standard InChI is InChI=1S/C34H30N4O6/c39-30(37-29(33(42)43)24-16-8-3-9-17-24)27(20-22-12-4-1-5-13-22)35-31(40)28(21-23-14-6-2-7-15-23)38-32(41)25-18-10-11-19-26(25)36-34(38)44/h1-19,27-29H,20-21H2,(H,35,40)(H,36,44)(H,37,39)(H,42,43)/t27-,28+,29+/m0/s1. The Morgan fingerprint density at radius 2 is 1.23 bits per heavy atom. The highest BCUT2D eigenvalue weighted by Gasteiger charge is 2.32. The molecule has 3 atom stereocenters. The number of nitrogens with one attached hydrogen (secondary N) is 3. The first-order valence-electron chi connectivity index (χ1n) is 14.0. The van der Waals surface area contributed by atoms with Gasteiger partial charge in [0, 0.05) is 12.8 Å². The summed E-state index contributed by atoms with van der Waals surface area (Å²) in [6.45, 7) is 0. The highest BCUT2D eigenvalue weighted by molar-refractivity contribution is 5.92. The van der Waals surface area contributed by atoms with Gasteiger partial charge in [-0.05, 0) is 28.8 Å². The quantitative estimate of drug-likeness (QED) is 0.186. The van der Waals surface area contributed by atoms with Gasteiger partial charge in [0.05, 0.1) is 10.9 Å². The monoisotopic (exact) mass is 590 g/mol. The molecule has 222 valence electrons. The molecule has 0 unspecified atom stereocenters.